The Kier molecular flexibility index (Phi) is 3.05. The van der Waals surface area contributed by atoms with Crippen molar-refractivity contribution in [1.82, 2.24) is 10.2 Å². The van der Waals surface area contributed by atoms with Crippen molar-refractivity contribution >= 4 is 9.84 Å². The highest BCUT2D eigenvalue weighted by atomic mass is 32.2. The summed E-state index contributed by atoms with van der Waals surface area (Å²) in [5.74, 6) is 0. The van der Waals surface area contributed by atoms with E-state index in [0.29, 0.717) is 6.04 Å². The van der Waals surface area contributed by atoms with Crippen LogP contribution in [-0.2, 0) is 9.84 Å². The first-order valence-corrected chi connectivity index (χ1v) is 7.57. The van der Waals surface area contributed by atoms with Crippen LogP contribution in [0.1, 0.15) is 19.3 Å². The summed E-state index contributed by atoms with van der Waals surface area (Å²) in [7, 11) is -0.807. The maximum atomic E-state index is 11.6. The maximum absolute atomic E-state index is 11.6. The molecule has 2 aliphatic rings. The Morgan fingerprint density at radius 2 is 1.93 bits per heavy atom. The molecule has 0 aromatic heterocycles. The molecule has 2 rings (SSSR count). The van der Waals surface area contributed by atoms with Gasteiger partial charge in [0.05, 0.1) is 5.25 Å². The first-order valence-electron chi connectivity index (χ1n) is 5.61. The minimum absolute atomic E-state index is 0.136. The SMILES string of the molecule is CN(C1CNC1)C1CCCC1S(C)(=O)=O. The molecule has 1 saturated carbocycles. The van der Waals surface area contributed by atoms with E-state index in [9.17, 15) is 8.42 Å². The fourth-order valence-electron chi connectivity index (χ4n) is 2.70. The van der Waals surface area contributed by atoms with E-state index < -0.39 is 9.84 Å². The van der Waals surface area contributed by atoms with Gasteiger partial charge in [0.15, 0.2) is 9.84 Å². The molecule has 15 heavy (non-hydrogen) atoms. The van der Waals surface area contributed by atoms with Crippen molar-refractivity contribution in [1.29, 1.82) is 0 Å². The van der Waals surface area contributed by atoms with Gasteiger partial charge >= 0.3 is 0 Å². The van der Waals surface area contributed by atoms with Gasteiger partial charge in [0, 0.05) is 31.4 Å². The monoisotopic (exact) mass is 232 g/mol. The average molecular weight is 232 g/mol. The molecule has 0 aromatic rings. The minimum Gasteiger partial charge on any atom is -0.314 e. The Morgan fingerprint density at radius 1 is 1.27 bits per heavy atom. The predicted octanol–water partition coefficient (Wildman–Crippen LogP) is -0.144. The molecule has 4 nitrogen and oxygen atoms in total. The first-order chi connectivity index (χ1) is 7.00. The summed E-state index contributed by atoms with van der Waals surface area (Å²) >= 11 is 0. The molecule has 2 fully saturated rings. The summed E-state index contributed by atoms with van der Waals surface area (Å²) in [6.07, 6.45) is 4.30. The Balaban J connectivity index is 2.07. The summed E-state index contributed by atoms with van der Waals surface area (Å²) in [5, 5.41) is 3.09. The van der Waals surface area contributed by atoms with E-state index in [-0.39, 0.29) is 11.3 Å². The number of likely N-dealkylation sites (N-methyl/N-ethyl adjacent to an activating group) is 1. The third-order valence-corrected chi connectivity index (χ3v) is 5.48. The topological polar surface area (TPSA) is 49.4 Å². The lowest BCUT2D eigenvalue weighted by Crippen LogP contribution is -2.60. The van der Waals surface area contributed by atoms with Crippen molar-refractivity contribution in [3.8, 4) is 0 Å². The lowest BCUT2D eigenvalue weighted by molar-refractivity contribution is 0.131. The highest BCUT2D eigenvalue weighted by Gasteiger charge is 2.40. The van der Waals surface area contributed by atoms with Crippen LogP contribution >= 0.6 is 0 Å². The van der Waals surface area contributed by atoms with Gasteiger partial charge in [-0.25, -0.2) is 8.42 Å². The molecule has 1 heterocycles. The third kappa shape index (κ3) is 2.19. The standard InChI is InChI=1S/C10H20N2O2S/c1-12(8-6-11-7-8)9-4-3-5-10(9)15(2,13)14/h8-11H,3-7H2,1-2H3. The minimum atomic E-state index is -2.88. The van der Waals surface area contributed by atoms with Gasteiger partial charge in [0.1, 0.15) is 0 Å². The first kappa shape index (κ1) is 11.4. The largest absolute Gasteiger partial charge is 0.314 e. The molecule has 1 aliphatic heterocycles. The Hall–Kier alpha value is -0.130. The van der Waals surface area contributed by atoms with Crippen molar-refractivity contribution in [2.45, 2.75) is 36.6 Å². The van der Waals surface area contributed by atoms with Crippen LogP contribution in [0, 0.1) is 0 Å². The van der Waals surface area contributed by atoms with E-state index in [4.69, 9.17) is 0 Å². The van der Waals surface area contributed by atoms with E-state index in [1.807, 2.05) is 0 Å². The van der Waals surface area contributed by atoms with E-state index in [2.05, 4.69) is 17.3 Å². The second-order valence-electron chi connectivity index (χ2n) is 4.84. The number of nitrogens with zero attached hydrogens (tertiary/aromatic N) is 1. The maximum Gasteiger partial charge on any atom is 0.151 e. The Morgan fingerprint density at radius 3 is 2.40 bits per heavy atom. The van der Waals surface area contributed by atoms with Gasteiger partial charge in [-0.1, -0.05) is 6.42 Å². The second-order valence-corrected chi connectivity index (χ2v) is 7.11. The van der Waals surface area contributed by atoms with Gasteiger partial charge in [-0.05, 0) is 19.9 Å². The Bertz CT molecular complexity index is 324. The van der Waals surface area contributed by atoms with Gasteiger partial charge < -0.3 is 5.32 Å². The number of hydrogen-bond donors (Lipinski definition) is 1. The molecule has 2 atom stereocenters. The molecular weight excluding hydrogens is 212 g/mol. The van der Waals surface area contributed by atoms with E-state index in [1.54, 1.807) is 0 Å². The van der Waals surface area contributed by atoms with Gasteiger partial charge in [0.25, 0.3) is 0 Å². The summed E-state index contributed by atoms with van der Waals surface area (Å²) in [5.41, 5.74) is 0. The van der Waals surface area contributed by atoms with Crippen molar-refractivity contribution < 1.29 is 8.42 Å². The molecule has 1 aliphatic carbocycles. The van der Waals surface area contributed by atoms with Crippen LogP contribution in [0.3, 0.4) is 0 Å². The number of nitrogens with one attached hydrogen (secondary N) is 1. The molecule has 1 saturated heterocycles. The van der Waals surface area contributed by atoms with E-state index >= 15 is 0 Å². The number of sulfone groups is 1. The predicted molar refractivity (Wildman–Crippen MR) is 60.7 cm³/mol. The molecule has 88 valence electrons. The summed E-state index contributed by atoms with van der Waals surface area (Å²) in [6.45, 7) is 2.01. The van der Waals surface area contributed by atoms with Crippen LogP contribution in [0.15, 0.2) is 0 Å². The highest BCUT2D eigenvalue weighted by Crippen LogP contribution is 2.30. The van der Waals surface area contributed by atoms with Crippen LogP contribution in [0.5, 0.6) is 0 Å². The fraction of sp³-hybridized carbons (Fsp3) is 1.00. The molecule has 0 amide bonds. The van der Waals surface area contributed by atoms with Crippen LogP contribution in [0.4, 0.5) is 0 Å². The smallest absolute Gasteiger partial charge is 0.151 e. The van der Waals surface area contributed by atoms with Crippen molar-refractivity contribution in [3.05, 3.63) is 0 Å². The zero-order valence-corrected chi connectivity index (χ0v) is 10.3. The fourth-order valence-corrected chi connectivity index (χ4v) is 4.20. The second kappa shape index (κ2) is 4.03. The molecule has 0 aromatic carbocycles. The van der Waals surface area contributed by atoms with E-state index in [1.165, 1.54) is 6.26 Å². The molecule has 0 bridgehead atoms. The summed E-state index contributed by atoms with van der Waals surface area (Å²) in [4.78, 5) is 2.27. The van der Waals surface area contributed by atoms with Crippen LogP contribution in [-0.4, -0.2) is 57.0 Å². The normalized spacial score (nSPS) is 33.3. The van der Waals surface area contributed by atoms with E-state index in [0.717, 1.165) is 32.4 Å². The van der Waals surface area contributed by atoms with Gasteiger partial charge in [-0.15, -0.1) is 0 Å². The zero-order chi connectivity index (χ0) is 11.1. The quantitative estimate of drug-likeness (QED) is 0.735. The lowest BCUT2D eigenvalue weighted by atomic mass is 10.1. The van der Waals surface area contributed by atoms with Gasteiger partial charge in [0.2, 0.25) is 0 Å². The Labute approximate surface area is 91.9 Å². The molecular formula is C10H20N2O2S. The highest BCUT2D eigenvalue weighted by molar-refractivity contribution is 7.91. The van der Waals surface area contributed by atoms with Crippen LogP contribution < -0.4 is 5.32 Å². The van der Waals surface area contributed by atoms with Crippen LogP contribution in [0.25, 0.3) is 0 Å². The summed E-state index contributed by atoms with van der Waals surface area (Å²) < 4.78 is 23.3. The molecule has 5 heteroatoms. The van der Waals surface area contributed by atoms with Crippen molar-refractivity contribution in [2.24, 2.45) is 0 Å². The zero-order valence-electron chi connectivity index (χ0n) is 9.44. The van der Waals surface area contributed by atoms with Crippen LogP contribution in [0.2, 0.25) is 0 Å². The molecule has 1 N–H and O–H groups in total. The van der Waals surface area contributed by atoms with Crippen molar-refractivity contribution in [2.75, 3.05) is 26.4 Å². The lowest BCUT2D eigenvalue weighted by Gasteiger charge is -2.40. The molecule has 0 radical (unpaired) electrons. The van der Waals surface area contributed by atoms with Crippen molar-refractivity contribution in [3.63, 3.8) is 0 Å². The number of rotatable bonds is 3. The molecule has 0 spiro atoms. The average Bonchev–Trinajstić information content (AvgIpc) is 2.45. The van der Waals surface area contributed by atoms with Gasteiger partial charge in [-0.3, -0.25) is 4.90 Å². The molecule has 2 unspecified atom stereocenters. The third-order valence-electron chi connectivity index (χ3n) is 3.83. The number of hydrogen-bond acceptors (Lipinski definition) is 4. The van der Waals surface area contributed by atoms with Gasteiger partial charge in [-0.2, -0.15) is 0 Å². The summed E-state index contributed by atoms with van der Waals surface area (Å²) in [6, 6.07) is 0.782.